The number of aryl methyl sites for hydroxylation is 1. The van der Waals surface area contributed by atoms with Crippen molar-refractivity contribution < 1.29 is 4.39 Å². The van der Waals surface area contributed by atoms with Gasteiger partial charge in [-0.05, 0) is 48.9 Å². The average molecular weight is 283 g/mol. The van der Waals surface area contributed by atoms with Gasteiger partial charge in [-0.3, -0.25) is 0 Å². The van der Waals surface area contributed by atoms with Crippen LogP contribution in [0.2, 0.25) is 0 Å². The Bertz CT molecular complexity index is 743. The zero-order valence-corrected chi connectivity index (χ0v) is 12.2. The van der Waals surface area contributed by atoms with E-state index >= 15 is 0 Å². The van der Waals surface area contributed by atoms with Crippen LogP contribution in [0.3, 0.4) is 0 Å². The Balaban J connectivity index is 2.13. The Kier molecular flexibility index (Phi) is 3.71. The van der Waals surface area contributed by atoms with E-state index in [1.54, 1.807) is 12.1 Å². The fourth-order valence-corrected chi connectivity index (χ4v) is 2.72. The number of nitrogens with one attached hydrogen (secondary N) is 1. The molecule has 0 amide bonds. The summed E-state index contributed by atoms with van der Waals surface area (Å²) in [5.74, 6) is -0.204. The molecule has 2 aromatic heterocycles. The van der Waals surface area contributed by atoms with Gasteiger partial charge in [0.25, 0.3) is 0 Å². The van der Waals surface area contributed by atoms with E-state index in [0.29, 0.717) is 0 Å². The second kappa shape index (κ2) is 5.66. The summed E-state index contributed by atoms with van der Waals surface area (Å²) in [5.41, 5.74) is 3.94. The largest absolute Gasteiger partial charge is 0.306 e. The van der Waals surface area contributed by atoms with Gasteiger partial charge in [0.05, 0.1) is 17.8 Å². The first-order valence-corrected chi connectivity index (χ1v) is 7.12. The van der Waals surface area contributed by atoms with Crippen molar-refractivity contribution in [3.05, 3.63) is 71.3 Å². The third-order valence-corrected chi connectivity index (χ3v) is 3.57. The van der Waals surface area contributed by atoms with Crippen molar-refractivity contribution >= 4 is 5.52 Å². The molecular formula is C17H18FN3. The van der Waals surface area contributed by atoms with Crippen LogP contribution in [0.15, 0.2) is 48.8 Å². The van der Waals surface area contributed by atoms with Gasteiger partial charge >= 0.3 is 0 Å². The molecule has 0 saturated heterocycles. The zero-order valence-electron chi connectivity index (χ0n) is 12.2. The Morgan fingerprint density at radius 3 is 2.90 bits per heavy atom. The van der Waals surface area contributed by atoms with Gasteiger partial charge in [0, 0.05) is 11.8 Å². The highest BCUT2D eigenvalue weighted by Gasteiger charge is 2.18. The van der Waals surface area contributed by atoms with Crippen molar-refractivity contribution in [2.24, 2.45) is 0 Å². The Morgan fingerprint density at radius 1 is 1.29 bits per heavy atom. The van der Waals surface area contributed by atoms with Gasteiger partial charge in [0.1, 0.15) is 5.82 Å². The maximum Gasteiger partial charge on any atom is 0.123 e. The van der Waals surface area contributed by atoms with Crippen LogP contribution in [0.4, 0.5) is 4.39 Å². The lowest BCUT2D eigenvalue weighted by molar-refractivity contribution is 0.603. The van der Waals surface area contributed by atoms with E-state index < -0.39 is 0 Å². The monoisotopic (exact) mass is 283 g/mol. The molecule has 1 atom stereocenters. The summed E-state index contributed by atoms with van der Waals surface area (Å²) in [6, 6.07) is 11.0. The number of benzene rings is 1. The van der Waals surface area contributed by atoms with Gasteiger partial charge in [-0.2, -0.15) is 5.10 Å². The number of halogens is 1. The number of hydrogen-bond donors (Lipinski definition) is 1. The molecule has 108 valence electrons. The van der Waals surface area contributed by atoms with Crippen molar-refractivity contribution in [2.45, 2.75) is 19.9 Å². The minimum Gasteiger partial charge on any atom is -0.306 e. The van der Waals surface area contributed by atoms with Crippen LogP contribution in [-0.4, -0.2) is 16.2 Å². The molecule has 3 aromatic rings. The molecule has 0 spiro atoms. The molecule has 0 fully saturated rings. The SMILES string of the molecule is CCNC(c1cc(C)cc(F)c1)c1cnn2ccccc12. The third kappa shape index (κ3) is 2.67. The van der Waals surface area contributed by atoms with Crippen molar-refractivity contribution in [1.82, 2.24) is 14.9 Å². The Morgan fingerprint density at radius 2 is 2.14 bits per heavy atom. The summed E-state index contributed by atoms with van der Waals surface area (Å²) in [5, 5.41) is 7.80. The predicted molar refractivity (Wildman–Crippen MR) is 81.8 cm³/mol. The van der Waals surface area contributed by atoms with Gasteiger partial charge < -0.3 is 5.32 Å². The van der Waals surface area contributed by atoms with Crippen LogP contribution in [0.5, 0.6) is 0 Å². The predicted octanol–water partition coefficient (Wildman–Crippen LogP) is 3.48. The molecule has 0 aliphatic rings. The lowest BCUT2D eigenvalue weighted by Crippen LogP contribution is -2.22. The number of aromatic nitrogens is 2. The van der Waals surface area contributed by atoms with E-state index in [1.165, 1.54) is 0 Å². The highest BCUT2D eigenvalue weighted by Crippen LogP contribution is 2.27. The number of hydrogen-bond acceptors (Lipinski definition) is 2. The number of fused-ring (bicyclic) bond motifs is 1. The molecular weight excluding hydrogens is 265 g/mol. The minimum absolute atomic E-state index is 0.0655. The van der Waals surface area contributed by atoms with Crippen molar-refractivity contribution in [2.75, 3.05) is 6.54 Å². The summed E-state index contributed by atoms with van der Waals surface area (Å²) in [7, 11) is 0. The van der Waals surface area contributed by atoms with E-state index in [-0.39, 0.29) is 11.9 Å². The average Bonchev–Trinajstić information content (AvgIpc) is 2.87. The van der Waals surface area contributed by atoms with E-state index in [1.807, 2.05) is 55.0 Å². The zero-order chi connectivity index (χ0) is 14.8. The van der Waals surface area contributed by atoms with Gasteiger partial charge in [-0.1, -0.05) is 19.1 Å². The maximum atomic E-state index is 13.7. The molecule has 3 rings (SSSR count). The first kappa shape index (κ1) is 13.8. The van der Waals surface area contributed by atoms with Crippen LogP contribution < -0.4 is 5.32 Å². The van der Waals surface area contributed by atoms with Gasteiger partial charge in [-0.15, -0.1) is 0 Å². The molecule has 4 heteroatoms. The molecule has 21 heavy (non-hydrogen) atoms. The third-order valence-electron chi connectivity index (χ3n) is 3.57. The molecule has 1 N–H and O–H groups in total. The molecule has 1 aromatic carbocycles. The smallest absolute Gasteiger partial charge is 0.123 e. The van der Waals surface area contributed by atoms with Crippen LogP contribution in [0.1, 0.15) is 29.7 Å². The summed E-state index contributed by atoms with van der Waals surface area (Å²) in [4.78, 5) is 0. The number of pyridine rings is 1. The summed E-state index contributed by atoms with van der Waals surface area (Å²) in [6.45, 7) is 4.75. The lowest BCUT2D eigenvalue weighted by Gasteiger charge is -2.18. The maximum absolute atomic E-state index is 13.7. The lowest BCUT2D eigenvalue weighted by atomic mass is 9.98. The molecule has 0 aliphatic heterocycles. The van der Waals surface area contributed by atoms with Gasteiger partial charge in [-0.25, -0.2) is 8.91 Å². The normalized spacial score (nSPS) is 12.7. The van der Waals surface area contributed by atoms with Crippen LogP contribution in [0, 0.1) is 12.7 Å². The van der Waals surface area contributed by atoms with Crippen LogP contribution >= 0.6 is 0 Å². The molecule has 3 nitrogen and oxygen atoms in total. The molecule has 0 radical (unpaired) electrons. The first-order valence-electron chi connectivity index (χ1n) is 7.12. The summed E-state index contributed by atoms with van der Waals surface area (Å²) >= 11 is 0. The Hall–Kier alpha value is -2.20. The highest BCUT2D eigenvalue weighted by atomic mass is 19.1. The van der Waals surface area contributed by atoms with E-state index in [4.69, 9.17) is 0 Å². The second-order valence-corrected chi connectivity index (χ2v) is 5.18. The molecule has 0 aliphatic carbocycles. The molecule has 1 unspecified atom stereocenters. The van der Waals surface area contributed by atoms with Crippen molar-refractivity contribution in [3.63, 3.8) is 0 Å². The second-order valence-electron chi connectivity index (χ2n) is 5.18. The molecule has 0 saturated carbocycles. The van der Waals surface area contributed by atoms with Crippen molar-refractivity contribution in [1.29, 1.82) is 0 Å². The van der Waals surface area contributed by atoms with E-state index in [0.717, 1.165) is 28.8 Å². The minimum atomic E-state index is -0.204. The fourth-order valence-electron chi connectivity index (χ4n) is 2.72. The summed E-state index contributed by atoms with van der Waals surface area (Å²) in [6.07, 6.45) is 3.77. The van der Waals surface area contributed by atoms with Crippen LogP contribution in [-0.2, 0) is 0 Å². The van der Waals surface area contributed by atoms with Gasteiger partial charge in [0.2, 0.25) is 0 Å². The standard InChI is InChI=1S/C17H18FN3/c1-3-19-17(13-8-12(2)9-14(18)10-13)15-11-20-21-7-5-4-6-16(15)21/h4-11,17,19H,3H2,1-2H3. The fraction of sp³-hybridized carbons (Fsp3) is 0.235. The quantitative estimate of drug-likeness (QED) is 0.794. The number of nitrogens with zero attached hydrogens (tertiary/aromatic N) is 2. The van der Waals surface area contributed by atoms with E-state index in [9.17, 15) is 4.39 Å². The van der Waals surface area contributed by atoms with E-state index in [2.05, 4.69) is 10.4 Å². The first-order chi connectivity index (χ1) is 10.2. The summed E-state index contributed by atoms with van der Waals surface area (Å²) < 4.78 is 15.6. The molecule has 2 heterocycles. The van der Waals surface area contributed by atoms with Crippen molar-refractivity contribution in [3.8, 4) is 0 Å². The van der Waals surface area contributed by atoms with Gasteiger partial charge in [0.15, 0.2) is 0 Å². The van der Waals surface area contributed by atoms with Crippen LogP contribution in [0.25, 0.3) is 5.52 Å². The topological polar surface area (TPSA) is 29.3 Å². The highest BCUT2D eigenvalue weighted by molar-refractivity contribution is 5.57. The number of rotatable bonds is 4. The Labute approximate surface area is 123 Å². The molecule has 0 bridgehead atoms.